The van der Waals surface area contributed by atoms with Gasteiger partial charge < -0.3 is 55.0 Å². The average Bonchev–Trinajstić information content (AvgIpc) is 3.23. The molecule has 69 heavy (non-hydrogen) atoms. The maximum Gasteiger partial charge on any atom is 0.326 e. The molecule has 0 aromatic heterocycles. The van der Waals surface area contributed by atoms with Crippen LogP contribution in [0.3, 0.4) is 0 Å². The first-order valence-corrected chi connectivity index (χ1v) is 24.3. The van der Waals surface area contributed by atoms with Crippen LogP contribution in [0.4, 0.5) is 0 Å². The Morgan fingerprint density at radius 1 is 0.406 bits per heavy atom. The number of nitrogens with two attached hydrogens (primary N) is 1. The molecule has 0 fully saturated rings. The molecule has 21 heteroatoms. The van der Waals surface area contributed by atoms with Crippen LogP contribution in [0.5, 0.6) is 0 Å². The highest BCUT2D eigenvalue weighted by atomic mass is 16.6. The van der Waals surface area contributed by atoms with Gasteiger partial charge in [-0.3, -0.25) is 38.4 Å². The Bertz CT molecular complexity index is 1620. The van der Waals surface area contributed by atoms with E-state index >= 15 is 0 Å². The normalized spacial score (nSPS) is 14.6. The number of nitrogens with one attached hydrogen (secondary N) is 2. The number of esters is 6. The summed E-state index contributed by atoms with van der Waals surface area (Å²) >= 11 is 0. The maximum absolute atomic E-state index is 12.8. The zero-order valence-corrected chi connectivity index (χ0v) is 42.0. The van der Waals surface area contributed by atoms with Gasteiger partial charge in [-0.1, -0.05) is 84.5 Å². The third kappa shape index (κ3) is 30.7. The van der Waals surface area contributed by atoms with E-state index in [2.05, 4.69) is 10.6 Å². The molecule has 0 heterocycles. The fourth-order valence-electron chi connectivity index (χ4n) is 7.77. The van der Waals surface area contributed by atoms with Crippen molar-refractivity contribution in [2.45, 2.75) is 233 Å². The van der Waals surface area contributed by atoms with E-state index in [9.17, 15) is 58.2 Å². The third-order valence-corrected chi connectivity index (χ3v) is 10.9. The lowest BCUT2D eigenvalue weighted by atomic mass is 9.91. The summed E-state index contributed by atoms with van der Waals surface area (Å²) in [6.07, 6.45) is 2.59. The van der Waals surface area contributed by atoms with E-state index in [1.807, 2.05) is 0 Å². The van der Waals surface area contributed by atoms with E-state index in [0.29, 0.717) is 38.6 Å². The Balaban J connectivity index is 5.82. The first-order valence-electron chi connectivity index (χ1n) is 24.3. The number of carboxylic acid groups (broad SMARTS) is 2. The van der Waals surface area contributed by atoms with E-state index < -0.39 is 108 Å². The predicted molar refractivity (Wildman–Crippen MR) is 249 cm³/mol. The van der Waals surface area contributed by atoms with E-state index in [0.717, 1.165) is 106 Å². The molecule has 0 rings (SSSR count). The van der Waals surface area contributed by atoms with Crippen molar-refractivity contribution >= 4 is 59.6 Å². The number of carboxylic acids is 2. The lowest BCUT2D eigenvalue weighted by Gasteiger charge is -2.40. The summed E-state index contributed by atoms with van der Waals surface area (Å²) in [5.74, 6) is -9.05. The molecule has 21 nitrogen and oxygen atoms in total. The number of unbranched alkanes of at least 4 members (excludes halogenated alkanes) is 12. The van der Waals surface area contributed by atoms with Crippen LogP contribution in [0.2, 0.25) is 0 Å². The minimum Gasteiger partial charge on any atom is -0.480 e. The topological polar surface area (TPSA) is 317 Å². The summed E-state index contributed by atoms with van der Waals surface area (Å²) < 4.78 is 33.8. The highest BCUT2D eigenvalue weighted by Crippen LogP contribution is 2.29. The second-order valence-corrected chi connectivity index (χ2v) is 17.6. The summed E-state index contributed by atoms with van der Waals surface area (Å²) in [5, 5.41) is 23.8. The van der Waals surface area contributed by atoms with E-state index in [-0.39, 0.29) is 38.0 Å². The minimum absolute atomic E-state index is 0.0674. The number of aliphatic carboxylic acids is 2. The van der Waals surface area contributed by atoms with Gasteiger partial charge in [0.2, 0.25) is 11.8 Å². The van der Waals surface area contributed by atoms with Crippen LogP contribution in [-0.2, 0) is 76.4 Å². The van der Waals surface area contributed by atoms with Gasteiger partial charge >= 0.3 is 47.8 Å². The molecular weight excluding hydrogens is 907 g/mol. The largest absolute Gasteiger partial charge is 0.480 e. The van der Waals surface area contributed by atoms with Gasteiger partial charge in [-0.05, 0) is 57.4 Å². The van der Waals surface area contributed by atoms with Gasteiger partial charge in [-0.25, -0.2) is 9.59 Å². The molecule has 0 radical (unpaired) electrons. The second-order valence-electron chi connectivity index (χ2n) is 17.6. The molecular formula is C48H81N3O18. The van der Waals surface area contributed by atoms with E-state index in [4.69, 9.17) is 34.2 Å². The monoisotopic (exact) mass is 988 g/mol. The molecule has 0 aromatic rings. The first-order chi connectivity index (χ1) is 32.5. The van der Waals surface area contributed by atoms with Crippen molar-refractivity contribution in [3.05, 3.63) is 0 Å². The van der Waals surface area contributed by atoms with Crippen molar-refractivity contribution in [2.24, 2.45) is 11.7 Å². The Kier molecular flexibility index (Phi) is 33.8. The van der Waals surface area contributed by atoms with Gasteiger partial charge in [0.05, 0.1) is 0 Å². The number of carbonyl (C=O) groups excluding carboxylic acids is 8. The molecule has 0 aliphatic rings. The molecule has 0 aliphatic heterocycles. The highest BCUT2D eigenvalue weighted by Gasteiger charge is 2.50. The van der Waals surface area contributed by atoms with Crippen LogP contribution in [-0.4, -0.2) is 125 Å². The molecule has 0 spiro atoms. The molecule has 2 amide bonds. The van der Waals surface area contributed by atoms with Crippen LogP contribution in [0.1, 0.15) is 184 Å². The summed E-state index contributed by atoms with van der Waals surface area (Å²) in [6, 6.07) is -2.09. The number of carbonyl (C=O) groups is 10. The molecule has 0 saturated carbocycles. The highest BCUT2D eigenvalue weighted by molar-refractivity contribution is 5.84. The minimum atomic E-state index is -1.85. The van der Waals surface area contributed by atoms with Crippen molar-refractivity contribution in [2.75, 3.05) is 6.54 Å². The number of hydrogen-bond donors (Lipinski definition) is 5. The summed E-state index contributed by atoms with van der Waals surface area (Å²) in [6.45, 7) is 9.89. The van der Waals surface area contributed by atoms with Crippen LogP contribution in [0.15, 0.2) is 0 Å². The van der Waals surface area contributed by atoms with Crippen molar-refractivity contribution in [3.8, 4) is 0 Å². The number of amides is 2. The first kappa shape index (κ1) is 63.7. The molecule has 8 atom stereocenters. The number of rotatable bonds is 39. The molecule has 396 valence electrons. The molecule has 0 bridgehead atoms. The van der Waals surface area contributed by atoms with Crippen molar-refractivity contribution in [1.29, 1.82) is 0 Å². The van der Waals surface area contributed by atoms with Crippen LogP contribution in [0.25, 0.3) is 0 Å². The maximum atomic E-state index is 12.8. The predicted octanol–water partition coefficient (Wildman–Crippen LogP) is 5.13. The second kappa shape index (κ2) is 36.6. The lowest BCUT2D eigenvalue weighted by molar-refractivity contribution is -0.219. The summed E-state index contributed by atoms with van der Waals surface area (Å²) in [7, 11) is 0. The van der Waals surface area contributed by atoms with Gasteiger partial charge in [0.15, 0.2) is 24.4 Å². The van der Waals surface area contributed by atoms with Crippen LogP contribution >= 0.6 is 0 Å². The molecule has 6 N–H and O–H groups in total. The van der Waals surface area contributed by atoms with Gasteiger partial charge in [0.1, 0.15) is 24.3 Å². The fourth-order valence-corrected chi connectivity index (χ4v) is 7.77. The van der Waals surface area contributed by atoms with Crippen molar-refractivity contribution in [1.82, 2.24) is 10.6 Å². The van der Waals surface area contributed by atoms with Crippen molar-refractivity contribution < 1.29 is 86.6 Å². The van der Waals surface area contributed by atoms with Crippen LogP contribution in [0, 0.1) is 5.92 Å². The zero-order valence-electron chi connectivity index (χ0n) is 42.0. The Morgan fingerprint density at radius 3 is 1.09 bits per heavy atom. The Hall–Kier alpha value is -5.34. The van der Waals surface area contributed by atoms with Gasteiger partial charge in [0.25, 0.3) is 0 Å². The zero-order chi connectivity index (χ0) is 52.5. The third-order valence-electron chi connectivity index (χ3n) is 10.9. The quantitative estimate of drug-likeness (QED) is 0.0303. The van der Waals surface area contributed by atoms with Crippen LogP contribution < -0.4 is 16.4 Å². The van der Waals surface area contributed by atoms with E-state index in [1.165, 1.54) is 0 Å². The molecule has 0 saturated heterocycles. The summed E-state index contributed by atoms with van der Waals surface area (Å²) in [5.41, 5.74) is 5.45. The Morgan fingerprint density at radius 2 is 0.739 bits per heavy atom. The smallest absolute Gasteiger partial charge is 0.326 e. The number of hydrogen-bond acceptors (Lipinski definition) is 17. The number of ether oxygens (including phenoxy) is 6. The molecule has 0 unspecified atom stereocenters. The van der Waals surface area contributed by atoms with Gasteiger partial charge in [-0.2, -0.15) is 0 Å². The van der Waals surface area contributed by atoms with Crippen molar-refractivity contribution in [3.63, 3.8) is 0 Å². The SMILES string of the molecule is CC(=O)O[C@@H]([C@H](OC(C)=O)[C@H](OC(C)=O)[C@@H](CCCC(=O)N[C@H](C(=O)O)C(C)C)OC(C)=O)[C@H](OC(C)=O)[C@H](CCCCCCCCCCCCCCCC(=O)N[C@@H](CCCN)C(=O)O)OC(C)=O. The van der Waals surface area contributed by atoms with Gasteiger partial charge in [0, 0.05) is 54.4 Å². The molecule has 0 aliphatic carbocycles. The summed E-state index contributed by atoms with van der Waals surface area (Å²) in [4.78, 5) is 124. The van der Waals surface area contributed by atoms with Gasteiger partial charge in [-0.15, -0.1) is 0 Å². The Labute approximate surface area is 406 Å². The lowest BCUT2D eigenvalue weighted by Crippen LogP contribution is -2.58. The molecule has 0 aromatic carbocycles. The average molecular weight is 988 g/mol. The fraction of sp³-hybridized carbons (Fsp3) is 0.792. The standard InChI is InChI=1S/C48H81N3O18/c1-30(2)42(48(62)63)51-41(59)28-22-26-39(65-32(4)53)44(67-34(6)55)46(69-36(8)57)45(68-35(7)56)43(66-33(5)54)38(64-31(3)52)25-20-18-16-14-12-10-9-11-13-15-17-19-21-27-40(58)50-37(47(60)61)24-23-29-49/h30,37-39,42-46H,9-29,49H2,1-8H3,(H,50,58)(H,51,59)(H,60,61)(H,62,63)/t37-,38-,39+,42-,43+,44+,45+,46+/m0/s1. The van der Waals surface area contributed by atoms with E-state index in [1.54, 1.807) is 13.8 Å².